The van der Waals surface area contributed by atoms with Gasteiger partial charge >= 0.3 is 12.0 Å². The zero-order chi connectivity index (χ0) is 19.6. The molecular weight excluding hydrogens is 354 g/mol. The van der Waals surface area contributed by atoms with Gasteiger partial charge in [-0.05, 0) is 19.9 Å². The fraction of sp³-hybridized carbons (Fsp3) is 0.444. The number of amides is 4. The van der Waals surface area contributed by atoms with E-state index in [-0.39, 0.29) is 19.1 Å². The number of fused-ring (bicyclic) bond motifs is 2. The molecular formula is C18H21N3O6. The van der Waals surface area contributed by atoms with E-state index in [4.69, 9.17) is 9.47 Å². The molecule has 0 aromatic heterocycles. The number of imide groups is 1. The fourth-order valence-electron chi connectivity index (χ4n) is 3.20. The van der Waals surface area contributed by atoms with E-state index < -0.39 is 42.5 Å². The topological polar surface area (TPSA) is 114 Å². The van der Waals surface area contributed by atoms with Crippen LogP contribution in [0.2, 0.25) is 0 Å². The molecule has 0 unspecified atom stereocenters. The Morgan fingerprint density at radius 2 is 2.07 bits per heavy atom. The van der Waals surface area contributed by atoms with E-state index in [1.165, 1.54) is 0 Å². The van der Waals surface area contributed by atoms with E-state index in [1.807, 2.05) is 0 Å². The van der Waals surface area contributed by atoms with Crippen molar-refractivity contribution in [3.63, 3.8) is 0 Å². The number of carbonyl (C=O) groups is 4. The van der Waals surface area contributed by atoms with Crippen LogP contribution in [-0.2, 0) is 24.7 Å². The largest absolute Gasteiger partial charge is 0.493 e. The summed E-state index contributed by atoms with van der Waals surface area (Å²) >= 11 is 0. The van der Waals surface area contributed by atoms with Crippen molar-refractivity contribution in [3.05, 3.63) is 29.8 Å². The lowest BCUT2D eigenvalue weighted by atomic mass is 9.84. The third-order valence-corrected chi connectivity index (χ3v) is 4.36. The molecule has 0 radical (unpaired) electrons. The van der Waals surface area contributed by atoms with Crippen LogP contribution in [0.25, 0.3) is 0 Å². The van der Waals surface area contributed by atoms with Crippen molar-refractivity contribution in [1.82, 2.24) is 15.5 Å². The molecule has 1 spiro atoms. The van der Waals surface area contributed by atoms with E-state index in [2.05, 4.69) is 10.6 Å². The zero-order valence-electron chi connectivity index (χ0n) is 15.1. The average Bonchev–Trinajstić information content (AvgIpc) is 2.85. The van der Waals surface area contributed by atoms with Gasteiger partial charge in [0.15, 0.2) is 12.1 Å². The van der Waals surface area contributed by atoms with Crippen molar-refractivity contribution in [2.24, 2.45) is 0 Å². The maximum absolute atomic E-state index is 13.0. The zero-order valence-corrected chi connectivity index (χ0v) is 15.1. The average molecular weight is 375 g/mol. The van der Waals surface area contributed by atoms with Gasteiger partial charge in [-0.1, -0.05) is 18.2 Å². The van der Waals surface area contributed by atoms with E-state index in [9.17, 15) is 19.2 Å². The lowest BCUT2D eigenvalue weighted by Crippen LogP contribution is -2.47. The van der Waals surface area contributed by atoms with Gasteiger partial charge in [0.1, 0.15) is 12.3 Å². The first kappa shape index (κ1) is 18.7. The third-order valence-electron chi connectivity index (χ3n) is 4.36. The second kappa shape index (κ2) is 7.26. The number of urea groups is 1. The maximum atomic E-state index is 13.0. The van der Waals surface area contributed by atoms with Gasteiger partial charge in [0.05, 0.1) is 6.61 Å². The maximum Gasteiger partial charge on any atom is 0.326 e. The molecule has 9 heteroatoms. The Labute approximate surface area is 156 Å². The van der Waals surface area contributed by atoms with Gasteiger partial charge in [-0.2, -0.15) is 0 Å². The number of nitrogens with zero attached hydrogens (tertiary/aromatic N) is 1. The molecule has 144 valence electrons. The summed E-state index contributed by atoms with van der Waals surface area (Å²) in [6, 6.07) is 6.19. The lowest BCUT2D eigenvalue weighted by molar-refractivity contribution is -0.151. The Balaban J connectivity index is 1.69. The molecule has 3 rings (SSSR count). The molecule has 1 fully saturated rings. The van der Waals surface area contributed by atoms with E-state index in [1.54, 1.807) is 38.1 Å². The highest BCUT2D eigenvalue weighted by Gasteiger charge is 2.55. The highest BCUT2D eigenvalue weighted by atomic mass is 16.5. The highest BCUT2D eigenvalue weighted by Crippen LogP contribution is 2.40. The molecule has 27 heavy (non-hydrogen) atoms. The van der Waals surface area contributed by atoms with Crippen LogP contribution in [-0.4, -0.2) is 54.5 Å². The minimum Gasteiger partial charge on any atom is -0.493 e. The Kier molecular flexibility index (Phi) is 5.02. The van der Waals surface area contributed by atoms with Crippen LogP contribution in [0.3, 0.4) is 0 Å². The number of benzene rings is 1. The molecule has 1 atom stereocenters. The Morgan fingerprint density at radius 3 is 2.81 bits per heavy atom. The number of esters is 1. The Hall–Kier alpha value is -3.10. The van der Waals surface area contributed by atoms with E-state index in [0.717, 1.165) is 4.90 Å². The summed E-state index contributed by atoms with van der Waals surface area (Å²) in [4.78, 5) is 49.7. The van der Waals surface area contributed by atoms with Crippen LogP contribution in [0.4, 0.5) is 4.79 Å². The summed E-state index contributed by atoms with van der Waals surface area (Å²) in [6.45, 7) is 2.78. The van der Waals surface area contributed by atoms with Crippen molar-refractivity contribution in [3.8, 4) is 5.75 Å². The summed E-state index contributed by atoms with van der Waals surface area (Å²) < 4.78 is 10.4. The number of carbonyl (C=O) groups excluding carboxylic acids is 4. The first-order valence-electron chi connectivity index (χ1n) is 8.65. The second-order valence-corrected chi connectivity index (χ2v) is 6.70. The van der Waals surface area contributed by atoms with Crippen LogP contribution >= 0.6 is 0 Å². The van der Waals surface area contributed by atoms with Crippen molar-refractivity contribution >= 4 is 23.8 Å². The minimum absolute atomic E-state index is 0.0874. The molecule has 1 saturated heterocycles. The second-order valence-electron chi connectivity index (χ2n) is 6.70. The standard InChI is InChI=1S/C18H21N3O6/c1-11(2)19-14(22)10-27-15(23)9-21-16(24)18(20-17(21)25)7-8-26-13-6-4-3-5-12(13)18/h3-6,11H,7-10H2,1-2H3,(H,19,22)(H,20,25)/t18-/m1/s1. The number of rotatable bonds is 5. The molecule has 4 amide bonds. The minimum atomic E-state index is -1.25. The summed E-state index contributed by atoms with van der Waals surface area (Å²) in [5, 5.41) is 5.27. The van der Waals surface area contributed by atoms with Crippen LogP contribution < -0.4 is 15.4 Å². The normalized spacial score (nSPS) is 20.9. The number of nitrogens with one attached hydrogen (secondary N) is 2. The highest BCUT2D eigenvalue weighted by molar-refractivity contribution is 6.09. The van der Waals surface area contributed by atoms with Gasteiger partial charge in [0.25, 0.3) is 11.8 Å². The summed E-state index contributed by atoms with van der Waals surface area (Å²) in [6.07, 6.45) is 0.261. The van der Waals surface area contributed by atoms with Crippen LogP contribution in [0.1, 0.15) is 25.8 Å². The number of hydrogen-bond donors (Lipinski definition) is 2. The molecule has 2 N–H and O–H groups in total. The van der Waals surface area contributed by atoms with E-state index in [0.29, 0.717) is 11.3 Å². The summed E-state index contributed by atoms with van der Waals surface area (Å²) in [5.74, 6) is -1.31. The van der Waals surface area contributed by atoms with Crippen molar-refractivity contribution < 1.29 is 28.7 Å². The van der Waals surface area contributed by atoms with Gasteiger partial charge < -0.3 is 20.1 Å². The molecule has 9 nitrogen and oxygen atoms in total. The van der Waals surface area contributed by atoms with Gasteiger partial charge in [-0.15, -0.1) is 0 Å². The van der Waals surface area contributed by atoms with Gasteiger partial charge in [-0.3, -0.25) is 19.3 Å². The number of para-hydroxylation sites is 1. The van der Waals surface area contributed by atoms with Gasteiger partial charge in [0, 0.05) is 18.0 Å². The predicted octanol–water partition coefficient (Wildman–Crippen LogP) is 0.284. The van der Waals surface area contributed by atoms with Crippen molar-refractivity contribution in [2.45, 2.75) is 31.8 Å². The van der Waals surface area contributed by atoms with Crippen LogP contribution in [0, 0.1) is 0 Å². The molecule has 0 aliphatic carbocycles. The molecule has 2 heterocycles. The van der Waals surface area contributed by atoms with E-state index >= 15 is 0 Å². The summed E-state index contributed by atoms with van der Waals surface area (Å²) in [5.41, 5.74) is -0.692. The van der Waals surface area contributed by atoms with Crippen molar-refractivity contribution in [1.29, 1.82) is 0 Å². The Morgan fingerprint density at radius 1 is 1.33 bits per heavy atom. The number of hydrogen-bond acceptors (Lipinski definition) is 6. The molecule has 2 aliphatic heterocycles. The first-order valence-corrected chi connectivity index (χ1v) is 8.65. The van der Waals surface area contributed by atoms with Gasteiger partial charge in [-0.25, -0.2) is 4.79 Å². The SMILES string of the molecule is CC(C)NC(=O)COC(=O)CN1C(=O)N[C@@]2(CCOc3ccccc32)C1=O. The first-order chi connectivity index (χ1) is 12.8. The molecule has 2 aliphatic rings. The Bertz CT molecular complexity index is 793. The molecule has 1 aromatic carbocycles. The van der Waals surface area contributed by atoms with Crippen LogP contribution in [0.15, 0.2) is 24.3 Å². The predicted molar refractivity (Wildman–Crippen MR) is 92.7 cm³/mol. The summed E-state index contributed by atoms with van der Waals surface area (Å²) in [7, 11) is 0. The quantitative estimate of drug-likeness (QED) is 0.565. The fourth-order valence-corrected chi connectivity index (χ4v) is 3.20. The van der Waals surface area contributed by atoms with Crippen LogP contribution in [0.5, 0.6) is 5.75 Å². The molecule has 0 saturated carbocycles. The molecule has 1 aromatic rings. The molecule has 0 bridgehead atoms. The third kappa shape index (κ3) is 3.57. The smallest absolute Gasteiger partial charge is 0.326 e. The number of ether oxygens (including phenoxy) is 2. The lowest BCUT2D eigenvalue weighted by Gasteiger charge is -2.33. The van der Waals surface area contributed by atoms with Gasteiger partial charge in [0.2, 0.25) is 0 Å². The van der Waals surface area contributed by atoms with Crippen molar-refractivity contribution in [2.75, 3.05) is 19.8 Å². The monoisotopic (exact) mass is 375 g/mol.